The first kappa shape index (κ1) is 35.7. The minimum absolute atomic E-state index is 0.0385. The summed E-state index contributed by atoms with van der Waals surface area (Å²) >= 11 is 5.92. The Kier molecular flexibility index (Phi) is 11.7. The Morgan fingerprint density at radius 1 is 1.12 bits per heavy atom. The number of alkyl halides is 3. The monoisotopic (exact) mass is 688 g/mol. The van der Waals surface area contributed by atoms with E-state index < -0.39 is 30.7 Å². The summed E-state index contributed by atoms with van der Waals surface area (Å²) in [5.41, 5.74) is 2.23. The topological polar surface area (TPSA) is 83.9 Å². The Hall–Kier alpha value is -3.64. The number of nitrogens with zero attached hydrogens (tertiary/aromatic N) is 6. The summed E-state index contributed by atoms with van der Waals surface area (Å²) in [5.74, 6) is 1.01. The lowest BCUT2D eigenvalue weighted by atomic mass is 9.61. The lowest BCUT2D eigenvalue weighted by Gasteiger charge is -2.59. The van der Waals surface area contributed by atoms with Gasteiger partial charge >= 0.3 is 0 Å². The largest absolute Gasteiger partial charge is 0.490 e. The molecule has 0 atom stereocenters. The van der Waals surface area contributed by atoms with Crippen molar-refractivity contribution in [1.82, 2.24) is 24.8 Å². The van der Waals surface area contributed by atoms with Crippen LogP contribution in [0.25, 0.3) is 0 Å². The van der Waals surface area contributed by atoms with Crippen molar-refractivity contribution in [3.63, 3.8) is 0 Å². The summed E-state index contributed by atoms with van der Waals surface area (Å²) in [4.78, 5) is 31.9. The van der Waals surface area contributed by atoms with Crippen LogP contribution < -0.4 is 14.4 Å². The average molecular weight is 689 g/mol. The van der Waals surface area contributed by atoms with Crippen molar-refractivity contribution in [3.8, 4) is 17.2 Å². The van der Waals surface area contributed by atoms with Gasteiger partial charge in [-0.05, 0) is 63.9 Å². The minimum Gasteiger partial charge on any atom is -0.490 e. The van der Waals surface area contributed by atoms with Gasteiger partial charge in [0.2, 0.25) is 0 Å². The van der Waals surface area contributed by atoms with Crippen LogP contribution in [0.3, 0.4) is 0 Å². The van der Waals surface area contributed by atoms with E-state index in [2.05, 4.69) is 24.8 Å². The summed E-state index contributed by atoms with van der Waals surface area (Å²) in [6, 6.07) is 4.93. The zero-order valence-corrected chi connectivity index (χ0v) is 28.7. The van der Waals surface area contributed by atoms with E-state index in [4.69, 9.17) is 21.1 Å². The van der Waals surface area contributed by atoms with Gasteiger partial charge in [-0.15, -0.1) is 11.6 Å². The van der Waals surface area contributed by atoms with Crippen LogP contribution >= 0.6 is 11.6 Å². The fourth-order valence-electron chi connectivity index (χ4n) is 6.72. The van der Waals surface area contributed by atoms with Crippen molar-refractivity contribution in [3.05, 3.63) is 65.6 Å². The second kappa shape index (κ2) is 15.7. The molecule has 2 fully saturated rings. The van der Waals surface area contributed by atoms with E-state index in [0.717, 1.165) is 86.9 Å². The van der Waals surface area contributed by atoms with Gasteiger partial charge in [-0.3, -0.25) is 14.7 Å². The van der Waals surface area contributed by atoms with Gasteiger partial charge in [0.25, 0.3) is 12.3 Å². The number of carbonyl (C=O) groups is 1. The van der Waals surface area contributed by atoms with Crippen LogP contribution in [0.5, 0.6) is 17.2 Å². The number of hydrogen-bond donors (Lipinski definition) is 0. The lowest BCUT2D eigenvalue weighted by Crippen LogP contribution is -2.65. The van der Waals surface area contributed by atoms with Crippen LogP contribution in [-0.4, -0.2) is 87.8 Å². The zero-order valence-electron chi connectivity index (χ0n) is 28.0. The van der Waals surface area contributed by atoms with Gasteiger partial charge in [0.15, 0.2) is 11.6 Å². The van der Waals surface area contributed by atoms with Gasteiger partial charge in [0, 0.05) is 67.4 Å². The molecular weight excluding hydrogens is 645 g/mol. The second-order valence-electron chi connectivity index (χ2n) is 12.7. The minimum atomic E-state index is -2.74. The van der Waals surface area contributed by atoms with Crippen molar-refractivity contribution in [1.29, 1.82) is 0 Å². The molecule has 3 aliphatic rings. The highest BCUT2D eigenvalue weighted by Gasteiger charge is 2.54. The van der Waals surface area contributed by atoms with Gasteiger partial charge in [0.1, 0.15) is 29.7 Å². The predicted molar refractivity (Wildman–Crippen MR) is 179 cm³/mol. The molecule has 1 saturated carbocycles. The van der Waals surface area contributed by atoms with E-state index in [0.29, 0.717) is 11.7 Å². The van der Waals surface area contributed by atoms with Crippen molar-refractivity contribution < 1.29 is 27.4 Å². The number of benzene rings is 1. The molecule has 0 N–H and O–H groups in total. The number of fused-ring (bicyclic) bond motifs is 1. The van der Waals surface area contributed by atoms with Gasteiger partial charge < -0.3 is 19.3 Å². The molecule has 6 rings (SSSR count). The van der Waals surface area contributed by atoms with Crippen LogP contribution in [0.1, 0.15) is 68.6 Å². The molecule has 0 bridgehead atoms. The first-order valence-electron chi connectivity index (χ1n) is 16.7. The number of carbonyl (C=O) groups excluding carboxylic acids is 1. The third-order valence-electron chi connectivity index (χ3n) is 8.99. The lowest BCUT2D eigenvalue weighted by molar-refractivity contribution is -0.0352. The maximum atomic E-state index is 14.3. The number of rotatable bonds is 12. The number of ether oxygens (including phenoxy) is 2. The smallest absolute Gasteiger partial charge is 0.258 e. The summed E-state index contributed by atoms with van der Waals surface area (Å²) in [6.45, 7) is 10.7. The molecule has 13 heteroatoms. The molecule has 2 aliphatic heterocycles. The molecule has 0 unspecified atom stereocenters. The van der Waals surface area contributed by atoms with E-state index in [1.54, 1.807) is 13.8 Å². The fraction of sp³-hybridized carbons (Fsp3) is 0.543. The molecule has 0 radical (unpaired) electrons. The van der Waals surface area contributed by atoms with Crippen LogP contribution in [0.2, 0.25) is 0 Å². The molecule has 1 saturated heterocycles. The van der Waals surface area contributed by atoms with E-state index in [9.17, 15) is 18.0 Å². The second-order valence-corrected chi connectivity index (χ2v) is 13.1. The van der Waals surface area contributed by atoms with Crippen molar-refractivity contribution >= 4 is 23.3 Å². The maximum absolute atomic E-state index is 14.3. The third kappa shape index (κ3) is 7.97. The normalized spacial score (nSPS) is 16.9. The summed E-state index contributed by atoms with van der Waals surface area (Å²) in [6.07, 6.45) is 5.78. The Bertz CT molecular complexity index is 1550. The fourth-order valence-corrected chi connectivity index (χ4v) is 6.84. The van der Waals surface area contributed by atoms with Crippen molar-refractivity contribution in [2.45, 2.75) is 78.5 Å². The molecule has 9 nitrogen and oxygen atoms in total. The first-order valence-corrected chi connectivity index (χ1v) is 17.2. The molecule has 4 heterocycles. The van der Waals surface area contributed by atoms with Crippen LogP contribution in [0, 0.1) is 11.2 Å². The molecule has 1 aromatic carbocycles. The standard InChI is InChI=1S/C33H38ClF3N6O3.C2H6/c1-21(2)43(17-30(36)37)32(44)24-12-22(35)4-5-27(24)46-29-15-38-20-40-31(29)42-18-33(19-42)13-23(14-33)45-28-6-9-39-26-7-11-41(10-3-8-34)16-25(26)28;1-2/h4-6,9,12,15,20-21,23,30H,3,7-8,10-11,13-14,16-19H2,1-2H3;1-2H3. The number of halogens is 4. The Labute approximate surface area is 285 Å². The molecule has 1 spiro atoms. The van der Waals surface area contributed by atoms with Crippen molar-refractivity contribution in [2.24, 2.45) is 5.41 Å². The number of anilines is 1. The van der Waals surface area contributed by atoms with E-state index in [-0.39, 0.29) is 28.6 Å². The van der Waals surface area contributed by atoms with Crippen LogP contribution in [0.15, 0.2) is 43.0 Å². The van der Waals surface area contributed by atoms with E-state index >= 15 is 0 Å². The summed E-state index contributed by atoms with van der Waals surface area (Å²) in [7, 11) is 0. The molecule has 1 amide bonds. The summed E-state index contributed by atoms with van der Waals surface area (Å²) in [5, 5.41) is 0. The van der Waals surface area contributed by atoms with Gasteiger partial charge in [-0.1, -0.05) is 13.8 Å². The number of aromatic nitrogens is 3. The zero-order chi connectivity index (χ0) is 34.4. The predicted octanol–water partition coefficient (Wildman–Crippen LogP) is 6.98. The van der Waals surface area contributed by atoms with Gasteiger partial charge in [-0.25, -0.2) is 23.1 Å². The van der Waals surface area contributed by atoms with Crippen molar-refractivity contribution in [2.75, 3.05) is 43.5 Å². The molecule has 2 aromatic heterocycles. The number of pyridine rings is 1. The Balaban J connectivity index is 0.00000221. The highest BCUT2D eigenvalue weighted by atomic mass is 35.5. The average Bonchev–Trinajstić information content (AvgIpc) is 3.04. The van der Waals surface area contributed by atoms with E-state index in [1.807, 2.05) is 26.1 Å². The number of hydrogen-bond acceptors (Lipinski definition) is 8. The maximum Gasteiger partial charge on any atom is 0.258 e. The SMILES string of the molecule is CC.CC(C)N(CC(F)F)C(=O)c1cc(F)ccc1Oc1cncnc1N1CC2(CC(Oc3ccnc4c3CN(CCCCl)CC4)C2)C1. The molecule has 260 valence electrons. The first-order chi connectivity index (χ1) is 23.1. The van der Waals surface area contributed by atoms with E-state index in [1.165, 1.54) is 24.2 Å². The highest BCUT2D eigenvalue weighted by molar-refractivity contribution is 6.17. The Morgan fingerprint density at radius 2 is 1.90 bits per heavy atom. The third-order valence-corrected chi connectivity index (χ3v) is 9.26. The van der Waals surface area contributed by atoms with Gasteiger partial charge in [0.05, 0.1) is 18.3 Å². The summed E-state index contributed by atoms with van der Waals surface area (Å²) < 4.78 is 53.4. The Morgan fingerprint density at radius 3 is 2.60 bits per heavy atom. The molecule has 48 heavy (non-hydrogen) atoms. The highest BCUT2D eigenvalue weighted by Crippen LogP contribution is 2.52. The molecule has 3 aromatic rings. The van der Waals surface area contributed by atoms with Crippen LogP contribution in [-0.2, 0) is 13.0 Å². The molecular formula is C35H44ClF3N6O3. The quantitative estimate of drug-likeness (QED) is 0.189. The molecule has 1 aliphatic carbocycles. The number of amides is 1. The van der Waals surface area contributed by atoms with Gasteiger partial charge in [-0.2, -0.15) is 0 Å². The van der Waals surface area contributed by atoms with Crippen LogP contribution in [0.4, 0.5) is 19.0 Å².